The summed E-state index contributed by atoms with van der Waals surface area (Å²) in [5.41, 5.74) is 0.960. The van der Waals surface area contributed by atoms with Crippen LogP contribution in [0.25, 0.3) is 0 Å². The van der Waals surface area contributed by atoms with Gasteiger partial charge in [0.25, 0.3) is 0 Å². The van der Waals surface area contributed by atoms with Crippen LogP contribution in [0, 0.1) is 0 Å². The summed E-state index contributed by atoms with van der Waals surface area (Å²) in [5, 5.41) is 0. The maximum Gasteiger partial charge on any atom is 0.332 e. The van der Waals surface area contributed by atoms with Crippen LogP contribution >= 0.6 is 0 Å². The van der Waals surface area contributed by atoms with E-state index in [1.54, 1.807) is 13.1 Å². The summed E-state index contributed by atoms with van der Waals surface area (Å²) in [4.78, 5) is 15.0. The summed E-state index contributed by atoms with van der Waals surface area (Å²) in [6.07, 6.45) is 2.45. The molecule has 0 spiro atoms. The number of rotatable bonds is 6. The van der Waals surface area contributed by atoms with Gasteiger partial charge in [-0.05, 0) is 19.1 Å². The number of hydrogen-bond donors (Lipinski definition) is 0. The van der Waals surface area contributed by atoms with E-state index in [1.165, 1.54) is 0 Å². The molecular formula is C11H15NO3. The lowest BCUT2D eigenvalue weighted by Crippen LogP contribution is -2.13. The smallest absolute Gasteiger partial charge is 0.332 e. The molecule has 0 radical (unpaired) electrons. The van der Waals surface area contributed by atoms with Crippen molar-refractivity contribution in [1.29, 1.82) is 0 Å². The van der Waals surface area contributed by atoms with E-state index in [9.17, 15) is 4.79 Å². The second-order valence-electron chi connectivity index (χ2n) is 2.93. The Kier molecular flexibility index (Phi) is 5.40. The topological polar surface area (TPSA) is 48.4 Å². The first-order valence-corrected chi connectivity index (χ1v) is 4.96. The first-order chi connectivity index (χ1) is 7.33. The van der Waals surface area contributed by atoms with Gasteiger partial charge in [0.1, 0.15) is 6.61 Å². The molecule has 0 saturated heterocycles. The van der Waals surface area contributed by atoms with Crippen molar-refractivity contribution in [1.82, 2.24) is 4.98 Å². The lowest BCUT2D eigenvalue weighted by atomic mass is 10.3. The Balaban J connectivity index is 2.10. The molecule has 0 aliphatic carbocycles. The Morgan fingerprint density at radius 3 is 3.00 bits per heavy atom. The lowest BCUT2D eigenvalue weighted by Gasteiger charge is -2.03. The van der Waals surface area contributed by atoms with Crippen molar-refractivity contribution in [3.8, 4) is 0 Å². The van der Waals surface area contributed by atoms with Crippen LogP contribution in [-0.2, 0) is 20.7 Å². The van der Waals surface area contributed by atoms with Gasteiger partial charge < -0.3 is 9.47 Å². The SMILES string of the molecule is CCOC(=O)COCCc1ccccn1. The highest BCUT2D eigenvalue weighted by Crippen LogP contribution is 1.95. The molecule has 0 N–H and O–H groups in total. The molecule has 1 aromatic heterocycles. The van der Waals surface area contributed by atoms with Gasteiger partial charge in [-0.25, -0.2) is 4.79 Å². The molecule has 15 heavy (non-hydrogen) atoms. The number of esters is 1. The number of carbonyl (C=O) groups is 1. The zero-order valence-electron chi connectivity index (χ0n) is 8.81. The van der Waals surface area contributed by atoms with Crippen molar-refractivity contribution >= 4 is 5.97 Å². The fourth-order valence-electron chi connectivity index (χ4n) is 1.08. The summed E-state index contributed by atoms with van der Waals surface area (Å²) in [6.45, 7) is 2.66. The molecular weight excluding hydrogens is 194 g/mol. The van der Waals surface area contributed by atoms with Crippen LogP contribution in [0.4, 0.5) is 0 Å². The Bertz CT molecular complexity index is 287. The summed E-state index contributed by atoms with van der Waals surface area (Å²) in [6, 6.07) is 5.71. The van der Waals surface area contributed by atoms with Gasteiger partial charge in [-0.2, -0.15) is 0 Å². The van der Waals surface area contributed by atoms with Gasteiger partial charge in [-0.15, -0.1) is 0 Å². The van der Waals surface area contributed by atoms with E-state index in [4.69, 9.17) is 9.47 Å². The van der Waals surface area contributed by atoms with Crippen LogP contribution < -0.4 is 0 Å². The van der Waals surface area contributed by atoms with Gasteiger partial charge >= 0.3 is 5.97 Å². The van der Waals surface area contributed by atoms with Crippen LogP contribution in [0.15, 0.2) is 24.4 Å². The van der Waals surface area contributed by atoms with Gasteiger partial charge in [0.2, 0.25) is 0 Å². The van der Waals surface area contributed by atoms with Gasteiger partial charge in [0.05, 0.1) is 13.2 Å². The molecule has 0 fully saturated rings. The van der Waals surface area contributed by atoms with E-state index in [1.807, 2.05) is 18.2 Å². The van der Waals surface area contributed by atoms with Crippen molar-refractivity contribution in [3.63, 3.8) is 0 Å². The summed E-state index contributed by atoms with van der Waals surface area (Å²) in [7, 11) is 0. The van der Waals surface area contributed by atoms with Crippen molar-refractivity contribution < 1.29 is 14.3 Å². The molecule has 4 nitrogen and oxygen atoms in total. The minimum atomic E-state index is -0.321. The third-order valence-electron chi connectivity index (χ3n) is 1.75. The summed E-state index contributed by atoms with van der Waals surface area (Å²) < 4.78 is 9.85. The number of pyridine rings is 1. The number of hydrogen-bond acceptors (Lipinski definition) is 4. The second-order valence-corrected chi connectivity index (χ2v) is 2.93. The number of aromatic nitrogens is 1. The average molecular weight is 209 g/mol. The van der Waals surface area contributed by atoms with Gasteiger partial charge in [-0.3, -0.25) is 4.98 Å². The summed E-state index contributed by atoms with van der Waals surface area (Å²) in [5.74, 6) is -0.321. The Morgan fingerprint density at radius 1 is 1.47 bits per heavy atom. The normalized spacial score (nSPS) is 9.93. The van der Waals surface area contributed by atoms with E-state index < -0.39 is 0 Å². The molecule has 0 aliphatic heterocycles. The predicted molar refractivity (Wildman–Crippen MR) is 55.4 cm³/mol. The molecule has 4 heteroatoms. The third kappa shape index (κ3) is 5.12. The highest BCUT2D eigenvalue weighted by atomic mass is 16.6. The molecule has 0 amide bonds. The maximum atomic E-state index is 10.9. The van der Waals surface area contributed by atoms with E-state index in [-0.39, 0.29) is 12.6 Å². The van der Waals surface area contributed by atoms with Gasteiger partial charge in [-0.1, -0.05) is 6.07 Å². The molecule has 0 saturated carbocycles. The van der Waals surface area contributed by atoms with Crippen LogP contribution in [0.3, 0.4) is 0 Å². The van der Waals surface area contributed by atoms with Crippen LogP contribution in [0.1, 0.15) is 12.6 Å². The standard InChI is InChI=1S/C11H15NO3/c1-2-15-11(13)9-14-8-6-10-5-3-4-7-12-10/h3-5,7H,2,6,8-9H2,1H3. The molecule has 0 aliphatic rings. The Hall–Kier alpha value is -1.42. The fraction of sp³-hybridized carbons (Fsp3) is 0.455. The molecule has 0 unspecified atom stereocenters. The molecule has 82 valence electrons. The number of ether oxygens (including phenoxy) is 2. The van der Waals surface area contributed by atoms with Crippen LogP contribution in [0.5, 0.6) is 0 Å². The molecule has 0 aromatic carbocycles. The van der Waals surface area contributed by atoms with E-state index in [0.717, 1.165) is 5.69 Å². The van der Waals surface area contributed by atoms with Gasteiger partial charge in [0, 0.05) is 18.3 Å². The van der Waals surface area contributed by atoms with Crippen molar-refractivity contribution in [2.24, 2.45) is 0 Å². The first-order valence-electron chi connectivity index (χ1n) is 4.96. The largest absolute Gasteiger partial charge is 0.464 e. The average Bonchev–Trinajstić information content (AvgIpc) is 2.26. The lowest BCUT2D eigenvalue weighted by molar-refractivity contribution is -0.148. The molecule has 1 heterocycles. The first kappa shape index (κ1) is 11.7. The van der Waals surface area contributed by atoms with Crippen molar-refractivity contribution in [2.75, 3.05) is 19.8 Å². The minimum Gasteiger partial charge on any atom is -0.464 e. The van der Waals surface area contributed by atoms with E-state index in [0.29, 0.717) is 19.6 Å². The molecule has 1 rings (SSSR count). The number of nitrogens with zero attached hydrogens (tertiary/aromatic N) is 1. The Morgan fingerprint density at radius 2 is 2.33 bits per heavy atom. The highest BCUT2D eigenvalue weighted by molar-refractivity contribution is 5.70. The quantitative estimate of drug-likeness (QED) is 0.522. The molecule has 0 bridgehead atoms. The van der Waals surface area contributed by atoms with Crippen LogP contribution in [-0.4, -0.2) is 30.8 Å². The van der Waals surface area contributed by atoms with Crippen molar-refractivity contribution in [3.05, 3.63) is 30.1 Å². The van der Waals surface area contributed by atoms with Gasteiger partial charge in [0.15, 0.2) is 0 Å². The van der Waals surface area contributed by atoms with Crippen LogP contribution in [0.2, 0.25) is 0 Å². The zero-order chi connectivity index (χ0) is 10.9. The third-order valence-corrected chi connectivity index (χ3v) is 1.75. The maximum absolute atomic E-state index is 10.9. The van der Waals surface area contributed by atoms with E-state index in [2.05, 4.69) is 4.98 Å². The monoisotopic (exact) mass is 209 g/mol. The minimum absolute atomic E-state index is 0.0146. The predicted octanol–water partition coefficient (Wildman–Crippen LogP) is 1.20. The molecule has 0 atom stereocenters. The molecule has 1 aromatic rings. The summed E-state index contributed by atoms with van der Waals surface area (Å²) >= 11 is 0. The fourth-order valence-corrected chi connectivity index (χ4v) is 1.08. The number of carbonyl (C=O) groups excluding carboxylic acids is 1. The second kappa shape index (κ2) is 6.95. The van der Waals surface area contributed by atoms with Crippen molar-refractivity contribution in [2.45, 2.75) is 13.3 Å². The highest BCUT2D eigenvalue weighted by Gasteiger charge is 2.01. The van der Waals surface area contributed by atoms with E-state index >= 15 is 0 Å². The zero-order valence-corrected chi connectivity index (χ0v) is 8.81. The Labute approximate surface area is 89.2 Å².